The Morgan fingerprint density at radius 1 is 0.897 bits per heavy atom. The molecule has 0 spiro atoms. The predicted octanol–water partition coefficient (Wildman–Crippen LogP) is 3.57. The minimum Gasteiger partial charge on any atom is -0.508 e. The largest absolute Gasteiger partial charge is 0.508 e. The maximum absolute atomic E-state index is 12.3. The number of unbranched alkanes of at least 4 members (excludes halogenated alkanes) is 1. The molecule has 2 aromatic rings. The van der Waals surface area contributed by atoms with Gasteiger partial charge >= 0.3 is 0 Å². The molecule has 0 heterocycles. The number of phenolic OH excluding ortho intramolecular Hbond substituents is 1. The summed E-state index contributed by atoms with van der Waals surface area (Å²) in [6.07, 6.45) is 2.93. The Morgan fingerprint density at radius 3 is 2.14 bits per heavy atom. The van der Waals surface area contributed by atoms with Crippen molar-refractivity contribution in [1.29, 1.82) is 0 Å². The Labute approximate surface area is 172 Å². The first kappa shape index (κ1) is 22.3. The molecule has 6 heteroatoms. The summed E-state index contributed by atoms with van der Waals surface area (Å²) in [6.45, 7) is 7.19. The highest BCUT2D eigenvalue weighted by molar-refractivity contribution is 5.95. The van der Waals surface area contributed by atoms with Gasteiger partial charge in [-0.25, -0.2) is 0 Å². The Bertz CT molecular complexity index is 790. The smallest absolute Gasteiger partial charge is 0.251 e. The van der Waals surface area contributed by atoms with Gasteiger partial charge in [-0.2, -0.15) is 0 Å². The summed E-state index contributed by atoms with van der Waals surface area (Å²) < 4.78 is 0. The van der Waals surface area contributed by atoms with Crippen LogP contribution in [0.5, 0.6) is 5.75 Å². The van der Waals surface area contributed by atoms with Gasteiger partial charge in [0.2, 0.25) is 0 Å². The first-order valence-electron chi connectivity index (χ1n) is 10.3. The number of nitrogens with one attached hydrogen (secondary N) is 2. The number of benzene rings is 2. The summed E-state index contributed by atoms with van der Waals surface area (Å²) in [6, 6.07) is 13.9. The van der Waals surface area contributed by atoms with Crippen molar-refractivity contribution in [2.75, 3.05) is 31.1 Å². The quantitative estimate of drug-likeness (QED) is 0.506. The van der Waals surface area contributed by atoms with E-state index in [2.05, 4.69) is 29.4 Å². The molecular formula is C23H31N3O3. The number of nitrogens with zero attached hydrogens (tertiary/aromatic N) is 1. The Balaban J connectivity index is 1.73. The number of amides is 2. The van der Waals surface area contributed by atoms with Crippen LogP contribution in [0.4, 0.5) is 5.69 Å². The van der Waals surface area contributed by atoms with E-state index in [1.54, 1.807) is 12.1 Å². The van der Waals surface area contributed by atoms with Crippen LogP contribution in [0, 0.1) is 0 Å². The van der Waals surface area contributed by atoms with E-state index in [0.29, 0.717) is 30.6 Å². The lowest BCUT2D eigenvalue weighted by atomic mass is 10.1. The summed E-state index contributed by atoms with van der Waals surface area (Å²) in [5.74, 6) is -0.304. The molecule has 0 unspecified atom stereocenters. The molecular weight excluding hydrogens is 366 g/mol. The SMILES string of the molecule is CCCCN(CC)c1ccc(C(=O)NCCCNC(=O)c2cccc(O)c2)cc1. The van der Waals surface area contributed by atoms with Crippen LogP contribution < -0.4 is 15.5 Å². The number of aromatic hydroxyl groups is 1. The first-order valence-corrected chi connectivity index (χ1v) is 10.3. The number of rotatable bonds is 11. The molecule has 0 aliphatic rings. The fraction of sp³-hybridized carbons (Fsp3) is 0.391. The van der Waals surface area contributed by atoms with Crippen LogP contribution in [0.25, 0.3) is 0 Å². The van der Waals surface area contributed by atoms with Gasteiger partial charge in [-0.05, 0) is 62.2 Å². The van der Waals surface area contributed by atoms with E-state index in [1.807, 2.05) is 24.3 Å². The van der Waals surface area contributed by atoms with Crippen LogP contribution in [-0.2, 0) is 0 Å². The first-order chi connectivity index (χ1) is 14.0. The van der Waals surface area contributed by atoms with Crippen molar-refractivity contribution in [2.45, 2.75) is 33.1 Å². The number of hydrogen-bond donors (Lipinski definition) is 3. The average Bonchev–Trinajstić information content (AvgIpc) is 2.74. The molecule has 0 aromatic heterocycles. The minimum absolute atomic E-state index is 0.0587. The number of anilines is 1. The number of carbonyl (C=O) groups is 2. The van der Waals surface area contributed by atoms with Gasteiger partial charge in [0, 0.05) is 43.0 Å². The zero-order valence-corrected chi connectivity index (χ0v) is 17.3. The third-order valence-electron chi connectivity index (χ3n) is 4.69. The highest BCUT2D eigenvalue weighted by atomic mass is 16.3. The molecule has 0 saturated carbocycles. The lowest BCUT2D eigenvalue weighted by Gasteiger charge is -2.23. The van der Waals surface area contributed by atoms with E-state index < -0.39 is 0 Å². The van der Waals surface area contributed by atoms with Gasteiger partial charge in [-0.3, -0.25) is 9.59 Å². The van der Waals surface area contributed by atoms with Gasteiger partial charge < -0.3 is 20.6 Å². The van der Waals surface area contributed by atoms with Crippen molar-refractivity contribution in [3.63, 3.8) is 0 Å². The van der Waals surface area contributed by atoms with Crippen molar-refractivity contribution in [1.82, 2.24) is 10.6 Å². The lowest BCUT2D eigenvalue weighted by Crippen LogP contribution is -2.30. The Kier molecular flexibility index (Phi) is 9.02. The third kappa shape index (κ3) is 7.14. The molecule has 0 aliphatic heterocycles. The molecule has 0 fully saturated rings. The van der Waals surface area contributed by atoms with Crippen molar-refractivity contribution in [2.24, 2.45) is 0 Å². The highest BCUT2D eigenvalue weighted by Gasteiger charge is 2.08. The van der Waals surface area contributed by atoms with Crippen molar-refractivity contribution in [3.8, 4) is 5.75 Å². The lowest BCUT2D eigenvalue weighted by molar-refractivity contribution is 0.0951. The summed E-state index contributed by atoms with van der Waals surface area (Å²) in [5, 5.41) is 15.1. The second-order valence-corrected chi connectivity index (χ2v) is 6.90. The van der Waals surface area contributed by atoms with Crippen LogP contribution in [0.1, 0.15) is 53.8 Å². The van der Waals surface area contributed by atoms with Crippen molar-refractivity contribution >= 4 is 17.5 Å². The zero-order valence-electron chi connectivity index (χ0n) is 17.3. The average molecular weight is 398 g/mol. The van der Waals surface area contributed by atoms with Gasteiger partial charge in [-0.15, -0.1) is 0 Å². The molecule has 2 rings (SSSR count). The number of carbonyl (C=O) groups excluding carboxylic acids is 2. The van der Waals surface area contributed by atoms with Crippen LogP contribution in [-0.4, -0.2) is 43.1 Å². The molecule has 2 amide bonds. The minimum atomic E-state index is -0.244. The summed E-state index contributed by atoms with van der Waals surface area (Å²) in [5.41, 5.74) is 2.17. The van der Waals surface area contributed by atoms with E-state index >= 15 is 0 Å². The zero-order chi connectivity index (χ0) is 21.1. The van der Waals surface area contributed by atoms with Crippen LogP contribution in [0.15, 0.2) is 48.5 Å². The molecule has 0 radical (unpaired) electrons. The number of hydrogen-bond acceptors (Lipinski definition) is 4. The predicted molar refractivity (Wildman–Crippen MR) is 117 cm³/mol. The van der Waals surface area contributed by atoms with Gasteiger partial charge in [0.1, 0.15) is 5.75 Å². The molecule has 156 valence electrons. The van der Waals surface area contributed by atoms with E-state index in [9.17, 15) is 14.7 Å². The van der Waals surface area contributed by atoms with Gasteiger partial charge in [0.25, 0.3) is 11.8 Å². The topological polar surface area (TPSA) is 81.7 Å². The fourth-order valence-corrected chi connectivity index (χ4v) is 2.99. The maximum atomic E-state index is 12.3. The molecule has 0 atom stereocenters. The van der Waals surface area contributed by atoms with Crippen LogP contribution in [0.2, 0.25) is 0 Å². The van der Waals surface area contributed by atoms with E-state index in [1.165, 1.54) is 12.1 Å². The summed E-state index contributed by atoms with van der Waals surface area (Å²) >= 11 is 0. The molecule has 2 aromatic carbocycles. The van der Waals surface area contributed by atoms with E-state index in [4.69, 9.17) is 0 Å². The van der Waals surface area contributed by atoms with E-state index in [-0.39, 0.29) is 17.6 Å². The monoisotopic (exact) mass is 397 g/mol. The highest BCUT2D eigenvalue weighted by Crippen LogP contribution is 2.16. The standard InChI is InChI=1S/C23H31N3O3/c1-3-5-16-26(4-2)20-12-10-18(11-13-20)22(28)24-14-7-15-25-23(29)19-8-6-9-21(27)17-19/h6,8-13,17,27H,3-5,7,14-16H2,1-2H3,(H,24,28)(H,25,29). The van der Waals surface area contributed by atoms with Crippen molar-refractivity contribution in [3.05, 3.63) is 59.7 Å². The normalized spacial score (nSPS) is 10.4. The molecule has 6 nitrogen and oxygen atoms in total. The molecule has 29 heavy (non-hydrogen) atoms. The molecule has 0 saturated heterocycles. The number of phenols is 1. The Morgan fingerprint density at radius 2 is 1.55 bits per heavy atom. The summed E-state index contributed by atoms with van der Waals surface area (Å²) in [4.78, 5) is 26.6. The molecule has 3 N–H and O–H groups in total. The fourth-order valence-electron chi connectivity index (χ4n) is 2.99. The van der Waals surface area contributed by atoms with Gasteiger partial charge in [0.15, 0.2) is 0 Å². The molecule has 0 bridgehead atoms. The third-order valence-corrected chi connectivity index (χ3v) is 4.69. The van der Waals surface area contributed by atoms with Crippen LogP contribution >= 0.6 is 0 Å². The van der Waals surface area contributed by atoms with E-state index in [0.717, 1.165) is 31.6 Å². The maximum Gasteiger partial charge on any atom is 0.251 e. The molecule has 0 aliphatic carbocycles. The second kappa shape index (κ2) is 11.7. The summed E-state index contributed by atoms with van der Waals surface area (Å²) in [7, 11) is 0. The Hall–Kier alpha value is -3.02. The second-order valence-electron chi connectivity index (χ2n) is 6.90. The van der Waals surface area contributed by atoms with Crippen LogP contribution in [0.3, 0.4) is 0 Å². The van der Waals surface area contributed by atoms with Gasteiger partial charge in [0.05, 0.1) is 0 Å². The van der Waals surface area contributed by atoms with Crippen molar-refractivity contribution < 1.29 is 14.7 Å². The van der Waals surface area contributed by atoms with Gasteiger partial charge in [-0.1, -0.05) is 19.4 Å².